The predicted molar refractivity (Wildman–Crippen MR) is 144 cm³/mol. The van der Waals surface area contributed by atoms with Gasteiger partial charge in [0.05, 0.1) is 12.5 Å². The second kappa shape index (κ2) is 10.8. The fourth-order valence-electron chi connectivity index (χ4n) is 3.78. The van der Waals surface area contributed by atoms with Crippen molar-refractivity contribution in [3.8, 4) is 11.8 Å². The quantitative estimate of drug-likeness (QED) is 0.272. The van der Waals surface area contributed by atoms with Gasteiger partial charge in [0, 0.05) is 17.3 Å². The van der Waals surface area contributed by atoms with Crippen LogP contribution in [0.1, 0.15) is 12.5 Å². The minimum Gasteiger partial charge on any atom is -0.481 e. The maximum atomic E-state index is 13.4. The van der Waals surface area contributed by atoms with Gasteiger partial charge in [0.2, 0.25) is 5.95 Å². The summed E-state index contributed by atoms with van der Waals surface area (Å²) >= 11 is 5.99. The Kier molecular flexibility index (Phi) is 7.15. The number of carbonyl (C=O) groups is 1. The molecule has 0 radical (unpaired) electrons. The topological polar surface area (TPSA) is 141 Å². The minimum absolute atomic E-state index is 0.00760. The maximum absolute atomic E-state index is 13.4. The van der Waals surface area contributed by atoms with Crippen molar-refractivity contribution in [2.45, 2.75) is 20.0 Å². The number of hydrogen-bond donors (Lipinski definition) is 2. The Morgan fingerprint density at radius 2 is 1.74 bits per heavy atom. The van der Waals surface area contributed by atoms with Crippen molar-refractivity contribution in [2.75, 3.05) is 5.32 Å². The number of carboxylic acids is 1. The molecule has 0 fully saturated rings. The van der Waals surface area contributed by atoms with Gasteiger partial charge in [0.1, 0.15) is 11.3 Å². The number of nitrogens with one attached hydrogen (secondary N) is 1. The number of carboxylic acid groups (broad SMARTS) is 1. The fourth-order valence-corrected chi connectivity index (χ4v) is 3.90. The lowest BCUT2D eigenvalue weighted by atomic mass is 10.2. The molecule has 0 unspecified atom stereocenters. The molecule has 5 rings (SSSR count). The van der Waals surface area contributed by atoms with Crippen molar-refractivity contribution in [3.05, 3.63) is 104 Å². The van der Waals surface area contributed by atoms with Gasteiger partial charge in [-0.1, -0.05) is 42.8 Å². The molecule has 3 aromatic carbocycles. The van der Waals surface area contributed by atoms with Crippen LogP contribution in [0.3, 0.4) is 0 Å². The number of nitrogens with zero attached hydrogens (tertiary/aromatic N) is 4. The highest BCUT2D eigenvalue weighted by molar-refractivity contribution is 6.30. The molecule has 2 N–H and O–H groups in total. The van der Waals surface area contributed by atoms with Gasteiger partial charge in [-0.2, -0.15) is 9.97 Å². The smallest absolute Gasteiger partial charge is 0.400 e. The molecule has 0 saturated carbocycles. The SMILES string of the molecule is C[C@@H](Cn1c(=O)nc(Nc2ccc(Oc3nc4ccccc4o3)cc2)n(Cc2ccc(Cl)cc2)c1=O)C(=O)O. The van der Waals surface area contributed by atoms with Crippen molar-refractivity contribution in [2.24, 2.45) is 5.92 Å². The second-order valence-corrected chi connectivity index (χ2v) is 9.20. The third kappa shape index (κ3) is 5.83. The number of anilines is 2. The summed E-state index contributed by atoms with van der Waals surface area (Å²) in [5.41, 5.74) is 0.957. The van der Waals surface area contributed by atoms with Gasteiger partial charge in [-0.25, -0.2) is 14.2 Å². The van der Waals surface area contributed by atoms with Gasteiger partial charge in [0.15, 0.2) is 5.58 Å². The second-order valence-electron chi connectivity index (χ2n) is 8.76. The van der Waals surface area contributed by atoms with E-state index in [4.69, 9.17) is 20.8 Å². The third-order valence-electron chi connectivity index (χ3n) is 5.87. The normalized spacial score (nSPS) is 11.8. The molecule has 1 atom stereocenters. The first kappa shape index (κ1) is 25.7. The third-order valence-corrected chi connectivity index (χ3v) is 6.12. The van der Waals surface area contributed by atoms with Crippen LogP contribution in [0, 0.1) is 5.92 Å². The first-order valence-electron chi connectivity index (χ1n) is 11.9. The van der Waals surface area contributed by atoms with Crippen LogP contribution in [0.5, 0.6) is 11.8 Å². The van der Waals surface area contributed by atoms with E-state index in [0.29, 0.717) is 27.6 Å². The Morgan fingerprint density at radius 3 is 2.44 bits per heavy atom. The molecule has 0 spiro atoms. The lowest BCUT2D eigenvalue weighted by molar-refractivity contribution is -0.141. The summed E-state index contributed by atoms with van der Waals surface area (Å²) in [5.74, 6) is -1.65. The van der Waals surface area contributed by atoms with E-state index in [-0.39, 0.29) is 25.1 Å². The molecule has 2 heterocycles. The average Bonchev–Trinajstić information content (AvgIpc) is 3.33. The standard InChI is InChI=1S/C27H22ClN5O6/c1-16(23(34)35)14-33-25(36)31-24(32(27(33)37)15-17-6-8-18(28)9-7-17)29-19-10-12-20(13-11-19)38-26-30-21-4-2-3-5-22(21)39-26/h2-13,16H,14-15H2,1H3,(H,34,35)(H,29,31,36)/t16-/m0/s1. The van der Waals surface area contributed by atoms with Crippen molar-refractivity contribution in [3.63, 3.8) is 0 Å². The highest BCUT2D eigenvalue weighted by atomic mass is 35.5. The van der Waals surface area contributed by atoms with Gasteiger partial charge in [-0.15, -0.1) is 0 Å². The monoisotopic (exact) mass is 547 g/mol. The molecule has 0 aliphatic heterocycles. The van der Waals surface area contributed by atoms with E-state index in [1.165, 1.54) is 11.5 Å². The van der Waals surface area contributed by atoms with Crippen LogP contribution < -0.4 is 21.4 Å². The Hall–Kier alpha value is -4.90. The molecule has 0 aliphatic carbocycles. The molecular formula is C27H22ClN5O6. The van der Waals surface area contributed by atoms with Gasteiger partial charge in [-0.3, -0.25) is 9.36 Å². The van der Waals surface area contributed by atoms with Gasteiger partial charge in [0.25, 0.3) is 0 Å². The number of rotatable bonds is 9. The lowest BCUT2D eigenvalue weighted by Crippen LogP contribution is -2.44. The molecule has 5 aromatic rings. The molecule has 11 nitrogen and oxygen atoms in total. The number of aromatic nitrogens is 4. The van der Waals surface area contributed by atoms with Crippen LogP contribution in [0.25, 0.3) is 11.1 Å². The summed E-state index contributed by atoms with van der Waals surface area (Å²) in [5, 5.41) is 12.8. The van der Waals surface area contributed by atoms with Crippen molar-refractivity contribution in [1.29, 1.82) is 0 Å². The average molecular weight is 548 g/mol. The number of ether oxygens (including phenoxy) is 1. The first-order chi connectivity index (χ1) is 18.8. The zero-order valence-corrected chi connectivity index (χ0v) is 21.3. The predicted octanol–water partition coefficient (Wildman–Crippen LogP) is 4.50. The zero-order valence-electron chi connectivity index (χ0n) is 20.6. The molecule has 0 bridgehead atoms. The molecule has 2 aromatic heterocycles. The fraction of sp³-hybridized carbons (Fsp3) is 0.148. The van der Waals surface area contributed by atoms with E-state index in [9.17, 15) is 19.5 Å². The van der Waals surface area contributed by atoms with E-state index in [1.807, 2.05) is 18.2 Å². The van der Waals surface area contributed by atoms with Crippen LogP contribution >= 0.6 is 11.6 Å². The van der Waals surface area contributed by atoms with Crippen molar-refractivity contribution < 1.29 is 19.1 Å². The van der Waals surface area contributed by atoms with Crippen LogP contribution in [0.2, 0.25) is 5.02 Å². The van der Waals surface area contributed by atoms with Crippen molar-refractivity contribution >= 4 is 40.3 Å². The molecule has 0 amide bonds. The minimum atomic E-state index is -1.13. The summed E-state index contributed by atoms with van der Waals surface area (Å²) in [6.45, 7) is 1.16. The molecule has 198 valence electrons. The Balaban J connectivity index is 1.43. The number of hydrogen-bond acceptors (Lipinski definition) is 8. The molecule has 39 heavy (non-hydrogen) atoms. The number of oxazole rings is 1. The van der Waals surface area contributed by atoms with Gasteiger partial charge in [-0.05, 0) is 54.1 Å². The Labute approximate surface area is 225 Å². The summed E-state index contributed by atoms with van der Waals surface area (Å²) in [4.78, 5) is 45.8. The van der Waals surface area contributed by atoms with Crippen molar-refractivity contribution in [1.82, 2.24) is 19.1 Å². The largest absolute Gasteiger partial charge is 0.481 e. The van der Waals surface area contributed by atoms with E-state index in [2.05, 4.69) is 15.3 Å². The maximum Gasteiger partial charge on any atom is 0.400 e. The number of aliphatic carboxylic acids is 1. The number of fused-ring (bicyclic) bond motifs is 1. The number of para-hydroxylation sites is 2. The van der Waals surface area contributed by atoms with Crippen LogP contribution in [-0.2, 0) is 17.9 Å². The van der Waals surface area contributed by atoms with Crippen LogP contribution in [-0.4, -0.2) is 30.2 Å². The summed E-state index contributed by atoms with van der Waals surface area (Å²) < 4.78 is 13.4. The van der Waals surface area contributed by atoms with E-state index >= 15 is 0 Å². The van der Waals surface area contributed by atoms with Gasteiger partial charge >= 0.3 is 23.4 Å². The van der Waals surface area contributed by atoms with E-state index < -0.39 is 23.3 Å². The zero-order chi connectivity index (χ0) is 27.5. The Morgan fingerprint density at radius 1 is 1.03 bits per heavy atom. The number of benzene rings is 3. The lowest BCUT2D eigenvalue weighted by Gasteiger charge is -2.16. The highest BCUT2D eigenvalue weighted by Gasteiger charge is 2.19. The summed E-state index contributed by atoms with van der Waals surface area (Å²) in [6.07, 6.45) is 0.0922. The molecule has 12 heteroatoms. The Bertz CT molecular complexity index is 1730. The van der Waals surface area contributed by atoms with Gasteiger partial charge < -0.3 is 19.6 Å². The summed E-state index contributed by atoms with van der Waals surface area (Å²) in [6, 6.07) is 20.8. The van der Waals surface area contributed by atoms with E-state index in [1.54, 1.807) is 54.6 Å². The van der Waals surface area contributed by atoms with E-state index in [0.717, 1.165) is 10.1 Å². The molecule has 0 saturated heterocycles. The molecular weight excluding hydrogens is 526 g/mol. The number of halogens is 1. The first-order valence-corrected chi connectivity index (χ1v) is 12.2. The van der Waals surface area contributed by atoms with Crippen LogP contribution in [0.4, 0.5) is 11.6 Å². The van der Waals surface area contributed by atoms with Crippen LogP contribution in [0.15, 0.2) is 86.8 Å². The highest BCUT2D eigenvalue weighted by Crippen LogP contribution is 2.26. The summed E-state index contributed by atoms with van der Waals surface area (Å²) in [7, 11) is 0. The molecule has 0 aliphatic rings.